The fourth-order valence-electron chi connectivity index (χ4n) is 1.88. The van der Waals surface area contributed by atoms with Crippen LogP contribution in [0, 0.1) is 5.41 Å². The molecule has 3 nitrogen and oxygen atoms in total. The van der Waals surface area contributed by atoms with Crippen LogP contribution in [0.1, 0.15) is 46.6 Å². The summed E-state index contributed by atoms with van der Waals surface area (Å²) in [7, 11) is -4.11. The van der Waals surface area contributed by atoms with Crippen LogP contribution in [0.5, 0.6) is 0 Å². The van der Waals surface area contributed by atoms with Crippen molar-refractivity contribution < 1.29 is 13.0 Å². The Kier molecular flexibility index (Phi) is 3.94. The maximum absolute atomic E-state index is 11.0. The molecule has 0 atom stereocenters. The lowest BCUT2D eigenvalue weighted by atomic mass is 9.63. The van der Waals surface area contributed by atoms with Gasteiger partial charge in [0.05, 0.1) is 4.90 Å². The quantitative estimate of drug-likeness (QED) is 0.850. The predicted molar refractivity (Wildman–Crippen MR) is 73.4 cm³/mol. The summed E-state index contributed by atoms with van der Waals surface area (Å²) < 4.78 is 31.0. The average Bonchev–Trinajstić information content (AvgIpc) is 2.27. The second-order valence-corrected chi connectivity index (χ2v) is 7.28. The standard InChI is InChI=1S/C14H22O3S/c1-6-13(2,3)14(4,5)11-7-9-12(10-8-11)18(15,16)17/h7-10H,6H2,1-5H3,(H,15,16,17). The highest BCUT2D eigenvalue weighted by molar-refractivity contribution is 7.85. The molecule has 0 spiro atoms. The molecule has 0 aliphatic heterocycles. The predicted octanol–water partition coefficient (Wildman–Crippen LogP) is 3.65. The van der Waals surface area contributed by atoms with E-state index >= 15 is 0 Å². The lowest BCUT2D eigenvalue weighted by molar-refractivity contribution is 0.189. The van der Waals surface area contributed by atoms with Crippen LogP contribution in [0.2, 0.25) is 0 Å². The monoisotopic (exact) mass is 270 g/mol. The topological polar surface area (TPSA) is 54.4 Å². The minimum absolute atomic E-state index is 0.0589. The zero-order valence-electron chi connectivity index (χ0n) is 11.7. The van der Waals surface area contributed by atoms with E-state index in [1.165, 1.54) is 12.1 Å². The summed E-state index contributed by atoms with van der Waals surface area (Å²) in [5.74, 6) is 0. The van der Waals surface area contributed by atoms with Gasteiger partial charge in [0.25, 0.3) is 10.1 Å². The number of hydrogen-bond acceptors (Lipinski definition) is 2. The summed E-state index contributed by atoms with van der Waals surface area (Å²) in [6.07, 6.45) is 1.03. The molecule has 0 amide bonds. The van der Waals surface area contributed by atoms with E-state index in [4.69, 9.17) is 4.55 Å². The molecule has 1 aromatic carbocycles. The molecule has 1 N–H and O–H groups in total. The fraction of sp³-hybridized carbons (Fsp3) is 0.571. The summed E-state index contributed by atoms with van der Waals surface area (Å²) in [6.45, 7) is 10.8. The third-order valence-corrected chi connectivity index (χ3v) is 5.32. The Morgan fingerprint density at radius 3 is 1.83 bits per heavy atom. The molecule has 0 unspecified atom stereocenters. The summed E-state index contributed by atoms with van der Waals surface area (Å²) >= 11 is 0. The van der Waals surface area contributed by atoms with E-state index in [2.05, 4.69) is 34.6 Å². The van der Waals surface area contributed by atoms with Gasteiger partial charge in [-0.25, -0.2) is 0 Å². The van der Waals surface area contributed by atoms with Gasteiger partial charge in [-0.3, -0.25) is 4.55 Å². The van der Waals surface area contributed by atoms with Crippen LogP contribution in [0.15, 0.2) is 29.2 Å². The van der Waals surface area contributed by atoms with Crippen molar-refractivity contribution in [1.82, 2.24) is 0 Å². The van der Waals surface area contributed by atoms with Crippen molar-refractivity contribution in [2.24, 2.45) is 5.41 Å². The molecule has 0 bridgehead atoms. The van der Waals surface area contributed by atoms with Crippen LogP contribution >= 0.6 is 0 Å². The summed E-state index contributed by atoms with van der Waals surface area (Å²) in [5.41, 5.74) is 1.10. The second kappa shape index (κ2) is 4.67. The maximum atomic E-state index is 11.0. The molecule has 1 rings (SSSR count). The maximum Gasteiger partial charge on any atom is 0.294 e. The molecule has 0 aromatic heterocycles. The highest BCUT2D eigenvalue weighted by Crippen LogP contribution is 2.43. The van der Waals surface area contributed by atoms with Crippen LogP contribution in [0.3, 0.4) is 0 Å². The van der Waals surface area contributed by atoms with E-state index in [9.17, 15) is 8.42 Å². The number of rotatable bonds is 4. The molecule has 0 heterocycles. The van der Waals surface area contributed by atoms with Gasteiger partial charge < -0.3 is 0 Å². The Bertz CT molecular complexity index is 510. The highest BCUT2D eigenvalue weighted by Gasteiger charge is 2.36. The molecular formula is C14H22O3S. The van der Waals surface area contributed by atoms with Crippen molar-refractivity contribution in [1.29, 1.82) is 0 Å². The van der Waals surface area contributed by atoms with Crippen molar-refractivity contribution in [3.05, 3.63) is 29.8 Å². The van der Waals surface area contributed by atoms with E-state index in [1.807, 2.05) is 0 Å². The van der Waals surface area contributed by atoms with Gasteiger partial charge in [0.15, 0.2) is 0 Å². The van der Waals surface area contributed by atoms with E-state index in [0.717, 1.165) is 12.0 Å². The molecule has 4 heteroatoms. The van der Waals surface area contributed by atoms with Crippen molar-refractivity contribution in [2.45, 2.75) is 51.3 Å². The first-order chi connectivity index (χ1) is 8.02. The summed E-state index contributed by atoms with van der Waals surface area (Å²) in [5, 5.41) is 0. The molecule has 0 saturated heterocycles. The van der Waals surface area contributed by atoms with Crippen LogP contribution < -0.4 is 0 Å². The molecular weight excluding hydrogens is 248 g/mol. The lowest BCUT2D eigenvalue weighted by Crippen LogP contribution is -2.36. The van der Waals surface area contributed by atoms with Gasteiger partial charge in [0.2, 0.25) is 0 Å². The minimum atomic E-state index is -4.11. The van der Waals surface area contributed by atoms with Gasteiger partial charge in [-0.05, 0) is 28.5 Å². The summed E-state index contributed by atoms with van der Waals surface area (Å²) in [4.78, 5) is -0.0589. The molecule has 1 aromatic rings. The molecule has 0 fully saturated rings. The van der Waals surface area contributed by atoms with Gasteiger partial charge in [-0.15, -0.1) is 0 Å². The number of hydrogen-bond donors (Lipinski definition) is 1. The fourth-order valence-corrected chi connectivity index (χ4v) is 2.36. The Hall–Kier alpha value is -0.870. The minimum Gasteiger partial charge on any atom is -0.282 e. The van der Waals surface area contributed by atoms with E-state index in [1.54, 1.807) is 12.1 Å². The van der Waals surface area contributed by atoms with Gasteiger partial charge in [0.1, 0.15) is 0 Å². The van der Waals surface area contributed by atoms with E-state index in [-0.39, 0.29) is 15.7 Å². The zero-order valence-corrected chi connectivity index (χ0v) is 12.5. The Balaban J connectivity index is 3.21. The molecule has 18 heavy (non-hydrogen) atoms. The third kappa shape index (κ3) is 2.75. The molecule has 0 aliphatic rings. The van der Waals surface area contributed by atoms with E-state index in [0.29, 0.717) is 0 Å². The van der Waals surface area contributed by atoms with Crippen molar-refractivity contribution in [3.63, 3.8) is 0 Å². The Morgan fingerprint density at radius 2 is 1.50 bits per heavy atom. The second-order valence-electron chi connectivity index (χ2n) is 5.86. The Labute approximate surface area is 110 Å². The average molecular weight is 270 g/mol. The molecule has 102 valence electrons. The first kappa shape index (κ1) is 15.2. The van der Waals surface area contributed by atoms with Gasteiger partial charge in [-0.2, -0.15) is 8.42 Å². The van der Waals surface area contributed by atoms with Crippen molar-refractivity contribution >= 4 is 10.1 Å². The summed E-state index contributed by atoms with van der Waals surface area (Å²) in [6, 6.07) is 6.47. The SMILES string of the molecule is CCC(C)(C)C(C)(C)c1ccc(S(=O)(=O)O)cc1. The normalized spacial score (nSPS) is 13.7. The third-order valence-electron chi connectivity index (χ3n) is 4.45. The van der Waals surface area contributed by atoms with Crippen LogP contribution in [0.4, 0.5) is 0 Å². The first-order valence-corrected chi connectivity index (χ1v) is 7.54. The largest absolute Gasteiger partial charge is 0.294 e. The van der Waals surface area contributed by atoms with Crippen LogP contribution in [-0.4, -0.2) is 13.0 Å². The van der Waals surface area contributed by atoms with Crippen LogP contribution in [0.25, 0.3) is 0 Å². The van der Waals surface area contributed by atoms with E-state index < -0.39 is 10.1 Å². The first-order valence-electron chi connectivity index (χ1n) is 6.10. The Morgan fingerprint density at radius 1 is 1.06 bits per heavy atom. The van der Waals surface area contributed by atoms with Crippen LogP contribution in [-0.2, 0) is 15.5 Å². The molecule has 0 aliphatic carbocycles. The lowest BCUT2D eigenvalue weighted by Gasteiger charge is -2.41. The van der Waals surface area contributed by atoms with Crippen molar-refractivity contribution in [2.75, 3.05) is 0 Å². The number of benzene rings is 1. The van der Waals surface area contributed by atoms with Gasteiger partial charge >= 0.3 is 0 Å². The zero-order chi connectivity index (χ0) is 14.2. The highest BCUT2D eigenvalue weighted by atomic mass is 32.2. The smallest absolute Gasteiger partial charge is 0.282 e. The van der Waals surface area contributed by atoms with Gasteiger partial charge in [0, 0.05) is 0 Å². The molecule has 0 radical (unpaired) electrons. The van der Waals surface area contributed by atoms with Gasteiger partial charge in [-0.1, -0.05) is 53.2 Å². The molecule has 0 saturated carbocycles. The van der Waals surface area contributed by atoms with Crippen molar-refractivity contribution in [3.8, 4) is 0 Å².